The summed E-state index contributed by atoms with van der Waals surface area (Å²) >= 11 is 0. The van der Waals surface area contributed by atoms with Crippen LogP contribution < -0.4 is 10.2 Å². The molecule has 134 valence electrons. The van der Waals surface area contributed by atoms with Gasteiger partial charge >= 0.3 is 0 Å². The van der Waals surface area contributed by atoms with Crippen molar-refractivity contribution < 1.29 is 0 Å². The molecule has 0 fully saturated rings. The highest BCUT2D eigenvalue weighted by molar-refractivity contribution is 5.63. The zero-order valence-electron chi connectivity index (χ0n) is 15.6. The summed E-state index contributed by atoms with van der Waals surface area (Å²) in [5.74, 6) is 0.597. The summed E-state index contributed by atoms with van der Waals surface area (Å²) in [6.45, 7) is 2.01. The second kappa shape index (κ2) is 8.45. The maximum Gasteiger partial charge on any atom is 0.227 e. The van der Waals surface area contributed by atoms with Crippen molar-refractivity contribution in [3.8, 4) is 11.3 Å². The molecule has 0 bridgehead atoms. The van der Waals surface area contributed by atoms with E-state index in [4.69, 9.17) is 0 Å². The van der Waals surface area contributed by atoms with Crippen LogP contribution in [0.1, 0.15) is 0 Å². The average molecular weight is 347 g/mol. The van der Waals surface area contributed by atoms with E-state index in [1.807, 2.05) is 36.4 Å². The van der Waals surface area contributed by atoms with E-state index < -0.39 is 0 Å². The van der Waals surface area contributed by atoms with Gasteiger partial charge in [0.1, 0.15) is 0 Å². The summed E-state index contributed by atoms with van der Waals surface area (Å²) in [4.78, 5) is 13.4. The summed E-state index contributed by atoms with van der Waals surface area (Å²) in [6, 6.07) is 20.4. The molecule has 2 aromatic carbocycles. The largest absolute Gasteiger partial charge is 0.373 e. The number of rotatable bonds is 7. The monoisotopic (exact) mass is 347 g/mol. The predicted molar refractivity (Wildman–Crippen MR) is 109 cm³/mol. The molecule has 26 heavy (non-hydrogen) atoms. The van der Waals surface area contributed by atoms with E-state index in [0.29, 0.717) is 5.95 Å². The highest BCUT2D eigenvalue weighted by atomic mass is 15.2. The number of nitrogens with zero attached hydrogens (tertiary/aromatic N) is 4. The Kier molecular flexibility index (Phi) is 5.81. The predicted octanol–water partition coefficient (Wildman–Crippen LogP) is 3.89. The van der Waals surface area contributed by atoms with Gasteiger partial charge in [-0.05, 0) is 44.4 Å². The molecule has 0 spiro atoms. The summed E-state index contributed by atoms with van der Waals surface area (Å²) in [5.41, 5.74) is 4.15. The molecular formula is C21H25N5. The lowest BCUT2D eigenvalue weighted by Gasteiger charge is -2.21. The Balaban J connectivity index is 1.68. The molecule has 0 saturated heterocycles. The Hall–Kier alpha value is -2.92. The molecule has 5 heteroatoms. The first-order valence-electron chi connectivity index (χ1n) is 8.73. The SMILES string of the molecule is CN(C)CCN(C)c1ccc(Nc2nccc(-c3ccccc3)n2)cc1. The first-order valence-corrected chi connectivity index (χ1v) is 8.73. The zero-order chi connectivity index (χ0) is 18.4. The number of likely N-dealkylation sites (N-methyl/N-ethyl adjacent to an activating group) is 2. The molecule has 0 aliphatic carbocycles. The van der Waals surface area contributed by atoms with Crippen molar-refractivity contribution in [1.82, 2.24) is 14.9 Å². The lowest BCUT2D eigenvalue weighted by atomic mass is 10.1. The molecule has 0 amide bonds. The summed E-state index contributed by atoms with van der Waals surface area (Å²) in [7, 11) is 6.28. The Labute approximate surface area is 155 Å². The van der Waals surface area contributed by atoms with Gasteiger partial charge in [0.05, 0.1) is 5.69 Å². The van der Waals surface area contributed by atoms with Crippen LogP contribution in [0.15, 0.2) is 66.9 Å². The summed E-state index contributed by atoms with van der Waals surface area (Å²) in [5, 5.41) is 3.28. The van der Waals surface area contributed by atoms with Crippen LogP contribution in [0.2, 0.25) is 0 Å². The van der Waals surface area contributed by atoms with Gasteiger partial charge in [-0.15, -0.1) is 0 Å². The molecule has 1 N–H and O–H groups in total. The van der Waals surface area contributed by atoms with E-state index in [9.17, 15) is 0 Å². The first kappa shape index (κ1) is 17.9. The molecule has 0 aliphatic heterocycles. The van der Waals surface area contributed by atoms with E-state index in [1.165, 1.54) is 5.69 Å². The van der Waals surface area contributed by atoms with Crippen molar-refractivity contribution in [1.29, 1.82) is 0 Å². The van der Waals surface area contributed by atoms with Crippen molar-refractivity contribution in [2.24, 2.45) is 0 Å². The van der Waals surface area contributed by atoms with Gasteiger partial charge in [-0.25, -0.2) is 9.97 Å². The standard InChI is InChI=1S/C21H25N5/c1-25(2)15-16-26(3)19-11-9-18(10-12-19)23-21-22-14-13-20(24-21)17-7-5-4-6-8-17/h4-14H,15-16H2,1-3H3,(H,22,23,24). The molecule has 0 saturated carbocycles. The highest BCUT2D eigenvalue weighted by Crippen LogP contribution is 2.21. The maximum atomic E-state index is 4.61. The fraction of sp³-hybridized carbons (Fsp3) is 0.238. The molecule has 0 unspecified atom stereocenters. The minimum Gasteiger partial charge on any atom is -0.373 e. The van der Waals surface area contributed by atoms with Crippen LogP contribution in [0.3, 0.4) is 0 Å². The quantitative estimate of drug-likeness (QED) is 0.702. The van der Waals surface area contributed by atoms with E-state index >= 15 is 0 Å². The summed E-state index contributed by atoms with van der Waals surface area (Å²) < 4.78 is 0. The van der Waals surface area contributed by atoms with E-state index in [2.05, 4.69) is 70.5 Å². The lowest BCUT2D eigenvalue weighted by molar-refractivity contribution is 0.416. The third kappa shape index (κ3) is 4.80. The molecule has 0 radical (unpaired) electrons. The Morgan fingerprint density at radius 1 is 0.846 bits per heavy atom. The van der Waals surface area contributed by atoms with Gasteiger partial charge in [0.25, 0.3) is 0 Å². The molecule has 3 rings (SSSR count). The van der Waals surface area contributed by atoms with Crippen LogP contribution in [0.5, 0.6) is 0 Å². The van der Waals surface area contributed by atoms with Crippen molar-refractivity contribution in [2.45, 2.75) is 0 Å². The topological polar surface area (TPSA) is 44.3 Å². The van der Waals surface area contributed by atoms with Crippen LogP contribution in [0.25, 0.3) is 11.3 Å². The normalized spacial score (nSPS) is 10.8. The molecule has 1 heterocycles. The lowest BCUT2D eigenvalue weighted by Crippen LogP contribution is -2.28. The van der Waals surface area contributed by atoms with Crippen molar-refractivity contribution in [2.75, 3.05) is 44.4 Å². The Morgan fingerprint density at radius 2 is 1.58 bits per heavy atom. The molecular weight excluding hydrogens is 322 g/mol. The number of anilines is 3. The van der Waals surface area contributed by atoms with Gasteiger partial charge in [0.15, 0.2) is 0 Å². The van der Waals surface area contributed by atoms with E-state index in [0.717, 1.165) is 30.0 Å². The molecule has 3 aromatic rings. The molecule has 0 atom stereocenters. The van der Waals surface area contributed by atoms with Crippen molar-refractivity contribution in [3.05, 3.63) is 66.9 Å². The fourth-order valence-corrected chi connectivity index (χ4v) is 2.60. The van der Waals surface area contributed by atoms with Gasteiger partial charge < -0.3 is 15.1 Å². The van der Waals surface area contributed by atoms with Crippen LogP contribution in [-0.2, 0) is 0 Å². The van der Waals surface area contributed by atoms with Crippen LogP contribution in [-0.4, -0.2) is 49.1 Å². The maximum absolute atomic E-state index is 4.61. The fourth-order valence-electron chi connectivity index (χ4n) is 2.60. The smallest absolute Gasteiger partial charge is 0.227 e. The van der Waals surface area contributed by atoms with Gasteiger partial charge in [0, 0.05) is 43.3 Å². The second-order valence-electron chi connectivity index (χ2n) is 6.53. The van der Waals surface area contributed by atoms with Gasteiger partial charge in [0.2, 0.25) is 5.95 Å². The van der Waals surface area contributed by atoms with E-state index in [1.54, 1.807) is 6.20 Å². The average Bonchev–Trinajstić information content (AvgIpc) is 2.67. The number of nitrogens with one attached hydrogen (secondary N) is 1. The Morgan fingerprint density at radius 3 is 2.27 bits per heavy atom. The van der Waals surface area contributed by atoms with Gasteiger partial charge in [-0.1, -0.05) is 30.3 Å². The van der Waals surface area contributed by atoms with Crippen LogP contribution >= 0.6 is 0 Å². The third-order valence-corrected chi connectivity index (χ3v) is 4.17. The Bertz CT molecular complexity index is 815. The number of benzene rings is 2. The summed E-state index contributed by atoms with van der Waals surface area (Å²) in [6.07, 6.45) is 1.78. The van der Waals surface area contributed by atoms with Crippen LogP contribution in [0.4, 0.5) is 17.3 Å². The molecule has 0 aliphatic rings. The van der Waals surface area contributed by atoms with E-state index in [-0.39, 0.29) is 0 Å². The van der Waals surface area contributed by atoms with Crippen molar-refractivity contribution >= 4 is 17.3 Å². The zero-order valence-corrected chi connectivity index (χ0v) is 15.6. The minimum absolute atomic E-state index is 0.597. The van der Waals surface area contributed by atoms with Crippen LogP contribution in [0, 0.1) is 0 Å². The van der Waals surface area contributed by atoms with Crippen molar-refractivity contribution in [3.63, 3.8) is 0 Å². The minimum atomic E-state index is 0.597. The van der Waals surface area contributed by atoms with Gasteiger partial charge in [-0.2, -0.15) is 0 Å². The second-order valence-corrected chi connectivity index (χ2v) is 6.53. The molecule has 5 nitrogen and oxygen atoms in total. The van der Waals surface area contributed by atoms with Gasteiger partial charge in [-0.3, -0.25) is 0 Å². The number of aromatic nitrogens is 2. The number of hydrogen-bond acceptors (Lipinski definition) is 5. The number of hydrogen-bond donors (Lipinski definition) is 1. The third-order valence-electron chi connectivity index (χ3n) is 4.17. The molecule has 1 aromatic heterocycles. The highest BCUT2D eigenvalue weighted by Gasteiger charge is 2.04. The first-order chi connectivity index (χ1) is 12.6.